The molecule has 1 amide bonds. The van der Waals surface area contributed by atoms with E-state index < -0.39 is 0 Å². The fraction of sp³-hybridized carbons (Fsp3) is 0.0417. The SMILES string of the molecule is O=C(NCc1ccccc1-n1cccn1)c1cc(-c2ccco2)nn1-c1ccccc1. The number of hydrogen-bond acceptors (Lipinski definition) is 4. The number of nitrogens with zero attached hydrogens (tertiary/aromatic N) is 4. The van der Waals surface area contributed by atoms with Gasteiger partial charge in [0.2, 0.25) is 0 Å². The van der Waals surface area contributed by atoms with Gasteiger partial charge in [-0.2, -0.15) is 10.2 Å². The number of furan rings is 1. The molecule has 5 aromatic rings. The molecule has 0 bridgehead atoms. The molecule has 7 heteroatoms. The Morgan fingerprint density at radius 1 is 0.968 bits per heavy atom. The standard InChI is InChI=1S/C24H19N5O2/c30-24(25-17-18-8-4-5-11-21(18)28-14-7-13-26-28)22-16-20(23-12-6-15-31-23)27-29(22)19-9-2-1-3-10-19/h1-16H,17H2,(H,25,30). The van der Waals surface area contributed by atoms with E-state index >= 15 is 0 Å². The molecule has 0 saturated heterocycles. The molecule has 31 heavy (non-hydrogen) atoms. The Labute approximate surface area is 178 Å². The summed E-state index contributed by atoms with van der Waals surface area (Å²) in [5.74, 6) is 0.372. The maximum absolute atomic E-state index is 13.2. The minimum Gasteiger partial charge on any atom is -0.463 e. The van der Waals surface area contributed by atoms with Gasteiger partial charge in [-0.15, -0.1) is 0 Å². The molecule has 0 fully saturated rings. The number of rotatable bonds is 6. The van der Waals surface area contributed by atoms with Crippen LogP contribution in [0.15, 0.2) is 102 Å². The lowest BCUT2D eigenvalue weighted by molar-refractivity contribution is 0.0943. The summed E-state index contributed by atoms with van der Waals surface area (Å²) in [5, 5.41) is 11.9. The number of carbonyl (C=O) groups excluding carboxylic acids is 1. The van der Waals surface area contributed by atoms with Gasteiger partial charge in [-0.1, -0.05) is 36.4 Å². The van der Waals surface area contributed by atoms with Crippen molar-refractivity contribution in [3.05, 3.63) is 109 Å². The van der Waals surface area contributed by atoms with Crippen LogP contribution in [-0.2, 0) is 6.54 Å². The van der Waals surface area contributed by atoms with Crippen LogP contribution in [0.4, 0.5) is 0 Å². The lowest BCUT2D eigenvalue weighted by Gasteiger charge is -2.11. The molecule has 1 N–H and O–H groups in total. The van der Waals surface area contributed by atoms with Gasteiger partial charge in [-0.3, -0.25) is 4.79 Å². The van der Waals surface area contributed by atoms with Crippen LogP contribution in [0, 0.1) is 0 Å². The molecule has 7 nitrogen and oxygen atoms in total. The molecule has 3 heterocycles. The third-order valence-corrected chi connectivity index (χ3v) is 4.90. The summed E-state index contributed by atoms with van der Waals surface area (Å²) < 4.78 is 8.89. The molecule has 0 spiro atoms. The largest absolute Gasteiger partial charge is 0.463 e. The molecule has 0 radical (unpaired) electrons. The summed E-state index contributed by atoms with van der Waals surface area (Å²) in [5.41, 5.74) is 3.68. The average Bonchev–Trinajstić information content (AvgIpc) is 3.59. The van der Waals surface area contributed by atoms with E-state index in [1.165, 1.54) is 0 Å². The Morgan fingerprint density at radius 3 is 2.58 bits per heavy atom. The molecule has 5 rings (SSSR count). The Hall–Kier alpha value is -4.39. The molecule has 0 saturated carbocycles. The van der Waals surface area contributed by atoms with E-state index in [4.69, 9.17) is 4.42 Å². The Morgan fingerprint density at radius 2 is 1.81 bits per heavy atom. The van der Waals surface area contributed by atoms with Crippen LogP contribution in [0.1, 0.15) is 16.1 Å². The second kappa shape index (κ2) is 8.16. The van der Waals surface area contributed by atoms with Crippen LogP contribution in [0.5, 0.6) is 0 Å². The molecular weight excluding hydrogens is 390 g/mol. The van der Waals surface area contributed by atoms with Crippen molar-refractivity contribution in [1.29, 1.82) is 0 Å². The highest BCUT2D eigenvalue weighted by atomic mass is 16.3. The third-order valence-electron chi connectivity index (χ3n) is 4.90. The minimum atomic E-state index is -0.232. The number of aromatic nitrogens is 4. The van der Waals surface area contributed by atoms with Crippen molar-refractivity contribution in [2.75, 3.05) is 0 Å². The first-order chi connectivity index (χ1) is 15.3. The Bertz CT molecular complexity index is 1290. The van der Waals surface area contributed by atoms with Crippen LogP contribution in [0.3, 0.4) is 0 Å². The molecule has 0 aliphatic rings. The molecule has 152 valence electrons. The molecule has 3 aromatic heterocycles. The van der Waals surface area contributed by atoms with Gasteiger partial charge in [0.25, 0.3) is 5.91 Å². The summed E-state index contributed by atoms with van der Waals surface area (Å²) in [6, 6.07) is 24.6. The highest BCUT2D eigenvalue weighted by Gasteiger charge is 2.19. The van der Waals surface area contributed by atoms with Gasteiger partial charge >= 0.3 is 0 Å². The van der Waals surface area contributed by atoms with Crippen molar-refractivity contribution in [2.24, 2.45) is 0 Å². The zero-order chi connectivity index (χ0) is 21.0. The van der Waals surface area contributed by atoms with E-state index in [2.05, 4.69) is 15.5 Å². The van der Waals surface area contributed by atoms with Crippen molar-refractivity contribution in [3.8, 4) is 22.8 Å². The number of carbonyl (C=O) groups is 1. The van der Waals surface area contributed by atoms with E-state index in [0.29, 0.717) is 23.7 Å². The highest BCUT2D eigenvalue weighted by Crippen LogP contribution is 2.22. The van der Waals surface area contributed by atoms with Gasteiger partial charge in [0, 0.05) is 25.0 Å². The van der Waals surface area contributed by atoms with Crippen LogP contribution in [0.25, 0.3) is 22.8 Å². The van der Waals surface area contributed by atoms with Gasteiger partial charge in [0.15, 0.2) is 5.76 Å². The molecule has 0 aliphatic carbocycles. The number of hydrogen-bond donors (Lipinski definition) is 1. The normalized spacial score (nSPS) is 10.8. The second-order valence-corrected chi connectivity index (χ2v) is 6.90. The summed E-state index contributed by atoms with van der Waals surface area (Å²) in [7, 11) is 0. The zero-order valence-corrected chi connectivity index (χ0v) is 16.6. The predicted molar refractivity (Wildman–Crippen MR) is 116 cm³/mol. The smallest absolute Gasteiger partial charge is 0.270 e. The molecule has 0 atom stereocenters. The number of benzene rings is 2. The van der Waals surface area contributed by atoms with E-state index in [0.717, 1.165) is 16.9 Å². The second-order valence-electron chi connectivity index (χ2n) is 6.90. The number of nitrogens with one attached hydrogen (secondary N) is 1. The number of para-hydroxylation sites is 2. The van der Waals surface area contributed by atoms with E-state index in [9.17, 15) is 4.79 Å². The minimum absolute atomic E-state index is 0.232. The lowest BCUT2D eigenvalue weighted by atomic mass is 10.1. The molecule has 0 unspecified atom stereocenters. The molecule has 2 aromatic carbocycles. The van der Waals surface area contributed by atoms with E-state index in [1.54, 1.807) is 34.0 Å². The van der Waals surface area contributed by atoms with Crippen LogP contribution >= 0.6 is 0 Å². The topological polar surface area (TPSA) is 77.9 Å². The fourth-order valence-electron chi connectivity index (χ4n) is 3.41. The van der Waals surface area contributed by atoms with Gasteiger partial charge in [-0.05, 0) is 42.0 Å². The Balaban J connectivity index is 1.45. The van der Waals surface area contributed by atoms with Crippen molar-refractivity contribution in [1.82, 2.24) is 24.9 Å². The molecule has 0 aliphatic heterocycles. The van der Waals surface area contributed by atoms with Gasteiger partial charge in [0.1, 0.15) is 11.4 Å². The molecular formula is C24H19N5O2. The van der Waals surface area contributed by atoms with E-state index in [-0.39, 0.29) is 5.91 Å². The highest BCUT2D eigenvalue weighted by molar-refractivity contribution is 5.94. The summed E-state index contributed by atoms with van der Waals surface area (Å²) in [6.45, 7) is 0.352. The maximum atomic E-state index is 13.2. The summed E-state index contributed by atoms with van der Waals surface area (Å²) in [6.07, 6.45) is 5.19. The van der Waals surface area contributed by atoms with E-state index in [1.807, 2.05) is 72.9 Å². The van der Waals surface area contributed by atoms with Crippen molar-refractivity contribution >= 4 is 5.91 Å². The number of amides is 1. The van der Waals surface area contributed by atoms with Crippen LogP contribution < -0.4 is 5.32 Å². The summed E-state index contributed by atoms with van der Waals surface area (Å²) >= 11 is 0. The quantitative estimate of drug-likeness (QED) is 0.455. The van der Waals surface area contributed by atoms with Crippen LogP contribution in [-0.4, -0.2) is 25.5 Å². The fourth-order valence-corrected chi connectivity index (χ4v) is 3.41. The first kappa shape index (κ1) is 18.6. The summed E-state index contributed by atoms with van der Waals surface area (Å²) in [4.78, 5) is 13.2. The zero-order valence-electron chi connectivity index (χ0n) is 16.6. The first-order valence-electron chi connectivity index (χ1n) is 9.85. The maximum Gasteiger partial charge on any atom is 0.270 e. The first-order valence-corrected chi connectivity index (χ1v) is 9.85. The monoisotopic (exact) mass is 409 g/mol. The Kier molecular flexibility index (Phi) is 4.90. The van der Waals surface area contributed by atoms with Gasteiger partial charge in [-0.25, -0.2) is 9.36 Å². The van der Waals surface area contributed by atoms with Crippen molar-refractivity contribution in [2.45, 2.75) is 6.54 Å². The van der Waals surface area contributed by atoms with Crippen molar-refractivity contribution in [3.63, 3.8) is 0 Å². The van der Waals surface area contributed by atoms with Gasteiger partial charge in [0.05, 0.1) is 17.6 Å². The van der Waals surface area contributed by atoms with Crippen LogP contribution in [0.2, 0.25) is 0 Å². The third kappa shape index (κ3) is 3.76. The predicted octanol–water partition coefficient (Wildman–Crippen LogP) is 4.25. The van der Waals surface area contributed by atoms with Gasteiger partial charge < -0.3 is 9.73 Å². The average molecular weight is 409 g/mol. The lowest BCUT2D eigenvalue weighted by Crippen LogP contribution is -2.26. The van der Waals surface area contributed by atoms with Crippen molar-refractivity contribution < 1.29 is 9.21 Å².